The van der Waals surface area contributed by atoms with Gasteiger partial charge in [-0.05, 0) is 49.1 Å². The molecule has 9 heteroatoms. The Labute approximate surface area is 194 Å². The van der Waals surface area contributed by atoms with E-state index in [1.165, 1.54) is 0 Å². The third-order valence-electron chi connectivity index (χ3n) is 6.07. The van der Waals surface area contributed by atoms with E-state index in [0.717, 1.165) is 48.7 Å². The van der Waals surface area contributed by atoms with E-state index in [1.807, 2.05) is 34.8 Å². The summed E-state index contributed by atoms with van der Waals surface area (Å²) in [6.45, 7) is 6.27. The summed E-state index contributed by atoms with van der Waals surface area (Å²) >= 11 is 0. The highest BCUT2D eigenvalue weighted by molar-refractivity contribution is 5.79. The number of benzene rings is 1. The number of rotatable bonds is 8. The summed E-state index contributed by atoms with van der Waals surface area (Å²) in [4.78, 5) is 15.1. The zero-order valence-electron chi connectivity index (χ0n) is 19.7. The lowest BCUT2D eigenvalue weighted by Gasteiger charge is -2.32. The summed E-state index contributed by atoms with van der Waals surface area (Å²) in [5.74, 6) is 3.35. The monoisotopic (exact) mass is 452 g/mol. The summed E-state index contributed by atoms with van der Waals surface area (Å²) in [6.07, 6.45) is 2.56. The Balaban J connectivity index is 1.36. The highest BCUT2D eigenvalue weighted by Crippen LogP contribution is 2.28. The van der Waals surface area contributed by atoms with Crippen LogP contribution in [0, 0.1) is 5.92 Å². The van der Waals surface area contributed by atoms with Crippen LogP contribution < -0.4 is 19.7 Å². The maximum absolute atomic E-state index is 12.9. The van der Waals surface area contributed by atoms with Gasteiger partial charge >= 0.3 is 0 Å². The van der Waals surface area contributed by atoms with Crippen molar-refractivity contribution in [1.29, 1.82) is 0 Å². The van der Waals surface area contributed by atoms with Gasteiger partial charge in [0.15, 0.2) is 23.0 Å². The van der Waals surface area contributed by atoms with Gasteiger partial charge in [0, 0.05) is 25.6 Å². The molecule has 0 bridgehead atoms. The van der Waals surface area contributed by atoms with Gasteiger partial charge in [-0.1, -0.05) is 19.9 Å². The molecule has 1 fully saturated rings. The summed E-state index contributed by atoms with van der Waals surface area (Å²) in [5.41, 5.74) is 1.83. The van der Waals surface area contributed by atoms with Crippen LogP contribution in [0.4, 0.5) is 5.82 Å². The first-order valence-electron chi connectivity index (χ1n) is 11.5. The molecule has 0 spiro atoms. The lowest BCUT2D eigenvalue weighted by Crippen LogP contribution is -2.44. The van der Waals surface area contributed by atoms with Crippen LogP contribution in [0.2, 0.25) is 0 Å². The maximum Gasteiger partial charge on any atom is 0.224 e. The van der Waals surface area contributed by atoms with Crippen molar-refractivity contribution in [3.05, 3.63) is 41.7 Å². The standard InChI is InChI=1S/C24H32N6O3/c1-16(2)23-27-26-21-9-10-22(28-30(21)23)29-13-5-6-18(15-29)24(31)25-12-11-17-7-8-19(32-3)20(14-17)33-4/h7-10,14,16,18H,5-6,11-13,15H2,1-4H3,(H,25,31). The quantitative estimate of drug-likeness (QED) is 0.562. The molecule has 3 heterocycles. The highest BCUT2D eigenvalue weighted by Gasteiger charge is 2.27. The number of nitrogens with zero attached hydrogens (tertiary/aromatic N) is 5. The fraction of sp³-hybridized carbons (Fsp3) is 0.500. The smallest absolute Gasteiger partial charge is 0.224 e. The van der Waals surface area contributed by atoms with Crippen molar-refractivity contribution in [2.45, 2.75) is 39.0 Å². The Hall–Kier alpha value is -3.36. The predicted molar refractivity (Wildman–Crippen MR) is 126 cm³/mol. The molecule has 0 radical (unpaired) electrons. The number of carbonyl (C=O) groups excluding carboxylic acids is 1. The van der Waals surface area contributed by atoms with Crippen molar-refractivity contribution in [2.75, 3.05) is 38.8 Å². The number of methoxy groups -OCH3 is 2. The van der Waals surface area contributed by atoms with Gasteiger partial charge in [0.25, 0.3) is 0 Å². The molecular formula is C24H32N6O3. The molecule has 1 aromatic carbocycles. The number of aromatic nitrogens is 4. The lowest BCUT2D eigenvalue weighted by molar-refractivity contribution is -0.125. The van der Waals surface area contributed by atoms with Crippen LogP contribution in [0.15, 0.2) is 30.3 Å². The molecule has 1 saturated heterocycles. The first kappa shape index (κ1) is 22.8. The minimum atomic E-state index is -0.0628. The molecule has 1 amide bonds. The van der Waals surface area contributed by atoms with Gasteiger partial charge in [-0.2, -0.15) is 4.52 Å². The second-order valence-electron chi connectivity index (χ2n) is 8.69. The molecule has 1 unspecified atom stereocenters. The van der Waals surface area contributed by atoms with E-state index in [9.17, 15) is 4.79 Å². The molecule has 0 saturated carbocycles. The molecule has 33 heavy (non-hydrogen) atoms. The molecule has 1 aliphatic heterocycles. The largest absolute Gasteiger partial charge is 0.493 e. The van der Waals surface area contributed by atoms with Gasteiger partial charge in [-0.25, -0.2) is 0 Å². The van der Waals surface area contributed by atoms with Crippen LogP contribution in [0.25, 0.3) is 5.65 Å². The van der Waals surface area contributed by atoms with Crippen molar-refractivity contribution in [3.8, 4) is 11.5 Å². The number of hydrogen-bond acceptors (Lipinski definition) is 7. The molecule has 1 atom stereocenters. The molecule has 1 N–H and O–H groups in total. The molecule has 1 aliphatic rings. The number of fused-ring (bicyclic) bond motifs is 1. The molecule has 9 nitrogen and oxygen atoms in total. The fourth-order valence-electron chi connectivity index (χ4n) is 4.23. The Morgan fingerprint density at radius 3 is 2.73 bits per heavy atom. The van der Waals surface area contributed by atoms with Crippen LogP contribution in [0.5, 0.6) is 11.5 Å². The number of nitrogens with one attached hydrogen (secondary N) is 1. The van der Waals surface area contributed by atoms with Crippen molar-refractivity contribution >= 4 is 17.4 Å². The SMILES string of the molecule is COc1ccc(CCNC(=O)C2CCCN(c3ccc4nnc(C(C)C)n4n3)C2)cc1OC. The Bertz CT molecular complexity index is 1110. The van der Waals surface area contributed by atoms with Gasteiger partial charge in [0.2, 0.25) is 5.91 Å². The third-order valence-corrected chi connectivity index (χ3v) is 6.07. The lowest BCUT2D eigenvalue weighted by atomic mass is 9.97. The molecule has 3 aromatic rings. The Morgan fingerprint density at radius 2 is 1.97 bits per heavy atom. The molecule has 2 aromatic heterocycles. The van der Waals surface area contributed by atoms with Gasteiger partial charge in [0.05, 0.1) is 20.1 Å². The van der Waals surface area contributed by atoms with Crippen LogP contribution in [0.1, 0.15) is 44.0 Å². The highest BCUT2D eigenvalue weighted by atomic mass is 16.5. The van der Waals surface area contributed by atoms with Crippen molar-refractivity contribution in [3.63, 3.8) is 0 Å². The molecular weight excluding hydrogens is 420 g/mol. The number of carbonyl (C=O) groups is 1. The van der Waals surface area contributed by atoms with E-state index < -0.39 is 0 Å². The third kappa shape index (κ3) is 5.02. The minimum absolute atomic E-state index is 0.0628. The second kappa shape index (κ2) is 10.1. The van der Waals surface area contributed by atoms with E-state index in [4.69, 9.17) is 14.6 Å². The van der Waals surface area contributed by atoms with Crippen molar-refractivity contribution in [2.24, 2.45) is 5.92 Å². The Morgan fingerprint density at radius 1 is 1.15 bits per heavy atom. The van der Waals surface area contributed by atoms with E-state index >= 15 is 0 Å². The van der Waals surface area contributed by atoms with E-state index in [-0.39, 0.29) is 17.7 Å². The van der Waals surface area contributed by atoms with Gasteiger partial charge in [-0.15, -0.1) is 15.3 Å². The van der Waals surface area contributed by atoms with Gasteiger partial charge < -0.3 is 19.7 Å². The van der Waals surface area contributed by atoms with Gasteiger partial charge in [0.1, 0.15) is 5.82 Å². The van der Waals surface area contributed by atoms with E-state index in [1.54, 1.807) is 14.2 Å². The first-order valence-corrected chi connectivity index (χ1v) is 11.5. The first-order chi connectivity index (χ1) is 16.0. The summed E-state index contributed by atoms with van der Waals surface area (Å²) in [6, 6.07) is 9.73. The summed E-state index contributed by atoms with van der Waals surface area (Å²) in [7, 11) is 3.24. The maximum atomic E-state index is 12.9. The van der Waals surface area contributed by atoms with Crippen LogP contribution >= 0.6 is 0 Å². The summed E-state index contributed by atoms with van der Waals surface area (Å²) < 4.78 is 12.5. The minimum Gasteiger partial charge on any atom is -0.493 e. The van der Waals surface area contributed by atoms with Crippen LogP contribution in [-0.2, 0) is 11.2 Å². The summed E-state index contributed by atoms with van der Waals surface area (Å²) in [5, 5.41) is 16.3. The van der Waals surface area contributed by atoms with Gasteiger partial charge in [-0.3, -0.25) is 4.79 Å². The fourth-order valence-corrected chi connectivity index (χ4v) is 4.23. The topological polar surface area (TPSA) is 93.9 Å². The average Bonchev–Trinajstić information content (AvgIpc) is 3.27. The van der Waals surface area contributed by atoms with Crippen LogP contribution in [0.3, 0.4) is 0 Å². The molecule has 176 valence electrons. The van der Waals surface area contributed by atoms with Crippen LogP contribution in [-0.4, -0.2) is 59.6 Å². The zero-order valence-corrected chi connectivity index (χ0v) is 19.7. The molecule has 4 rings (SSSR count). The Kier molecular flexibility index (Phi) is 6.96. The van der Waals surface area contributed by atoms with Crippen molar-refractivity contribution < 1.29 is 14.3 Å². The van der Waals surface area contributed by atoms with Crippen molar-refractivity contribution in [1.82, 2.24) is 25.1 Å². The second-order valence-corrected chi connectivity index (χ2v) is 8.69. The number of amides is 1. The average molecular weight is 453 g/mol. The van der Waals surface area contributed by atoms with E-state index in [2.05, 4.69) is 34.3 Å². The predicted octanol–water partition coefficient (Wildman–Crippen LogP) is 2.84. The number of hydrogen-bond donors (Lipinski definition) is 1. The van der Waals surface area contributed by atoms with E-state index in [0.29, 0.717) is 24.6 Å². The molecule has 0 aliphatic carbocycles. The number of piperidine rings is 1. The number of ether oxygens (including phenoxy) is 2. The normalized spacial score (nSPS) is 16.3. The zero-order chi connectivity index (χ0) is 23.4. The number of anilines is 1.